The number of aryl methyl sites for hydroxylation is 1. The number of rotatable bonds is 5. The number of aromatic nitrogens is 2. The zero-order chi connectivity index (χ0) is 18.0. The zero-order valence-electron chi connectivity index (χ0n) is 15.9. The number of carbonyl (C=O) groups is 1. The maximum absolute atomic E-state index is 12.7. The lowest BCUT2D eigenvalue weighted by atomic mass is 9.75. The molecule has 2 aromatic rings. The number of nitrogens with zero attached hydrogens (tertiary/aromatic N) is 2. The summed E-state index contributed by atoms with van der Waals surface area (Å²) < 4.78 is 7.98. The summed E-state index contributed by atoms with van der Waals surface area (Å²) in [6, 6.07) is 7.99. The number of imidazole rings is 1. The van der Waals surface area contributed by atoms with Crippen LogP contribution in [0.4, 0.5) is 0 Å². The second-order valence-corrected chi connectivity index (χ2v) is 7.81. The summed E-state index contributed by atoms with van der Waals surface area (Å²) in [5, 5.41) is 0. The van der Waals surface area contributed by atoms with E-state index in [4.69, 9.17) is 4.74 Å². The quantitative estimate of drug-likeness (QED) is 0.746. The molecule has 25 heavy (non-hydrogen) atoms. The Bertz CT molecular complexity index is 735. The van der Waals surface area contributed by atoms with E-state index in [0.29, 0.717) is 17.8 Å². The zero-order valence-corrected chi connectivity index (χ0v) is 15.9. The Kier molecular flexibility index (Phi) is 5.45. The molecule has 0 amide bonds. The number of ether oxygens (including phenoxy) is 1. The first-order valence-electron chi connectivity index (χ1n) is 9.63. The van der Waals surface area contributed by atoms with Crippen LogP contribution < -0.4 is 0 Å². The smallest absolute Gasteiger partial charge is 0.326 e. The van der Waals surface area contributed by atoms with Crippen molar-refractivity contribution in [3.63, 3.8) is 0 Å². The summed E-state index contributed by atoms with van der Waals surface area (Å²) >= 11 is 0. The van der Waals surface area contributed by atoms with Gasteiger partial charge >= 0.3 is 5.97 Å². The molecule has 4 nitrogen and oxygen atoms in total. The van der Waals surface area contributed by atoms with Gasteiger partial charge in [0, 0.05) is 6.42 Å². The van der Waals surface area contributed by atoms with Gasteiger partial charge in [-0.2, -0.15) is 0 Å². The largest absolute Gasteiger partial charge is 0.461 e. The van der Waals surface area contributed by atoms with E-state index >= 15 is 0 Å². The topological polar surface area (TPSA) is 44.1 Å². The molecule has 3 unspecified atom stereocenters. The molecule has 3 rings (SSSR count). The molecule has 1 aromatic carbocycles. The van der Waals surface area contributed by atoms with Crippen LogP contribution in [0.3, 0.4) is 0 Å². The fourth-order valence-corrected chi connectivity index (χ4v) is 4.16. The van der Waals surface area contributed by atoms with E-state index in [9.17, 15) is 4.79 Å². The fourth-order valence-electron chi connectivity index (χ4n) is 4.16. The Morgan fingerprint density at radius 2 is 2.08 bits per heavy atom. The standard InChI is InChI=1S/C21H30N2O2/c1-5-20-22-17-8-6-7-9-18(17)23(20)13-21(24)25-19-12-15(4)10-11-16(19)14(2)3/h6-9,14-16,19H,5,10-13H2,1-4H3. The average Bonchev–Trinajstić information content (AvgIpc) is 2.92. The molecule has 0 spiro atoms. The third-order valence-corrected chi connectivity index (χ3v) is 5.58. The highest BCUT2D eigenvalue weighted by atomic mass is 16.5. The van der Waals surface area contributed by atoms with Crippen molar-refractivity contribution in [2.24, 2.45) is 17.8 Å². The fraction of sp³-hybridized carbons (Fsp3) is 0.619. The summed E-state index contributed by atoms with van der Waals surface area (Å²) in [4.78, 5) is 17.3. The van der Waals surface area contributed by atoms with Gasteiger partial charge in [-0.15, -0.1) is 0 Å². The first kappa shape index (κ1) is 18.0. The second-order valence-electron chi connectivity index (χ2n) is 7.81. The van der Waals surface area contributed by atoms with E-state index in [0.717, 1.165) is 36.1 Å². The van der Waals surface area contributed by atoms with Crippen LogP contribution >= 0.6 is 0 Å². The van der Waals surface area contributed by atoms with E-state index in [2.05, 4.69) is 32.7 Å². The van der Waals surface area contributed by atoms with E-state index in [1.807, 2.05) is 28.8 Å². The van der Waals surface area contributed by atoms with Gasteiger partial charge in [0.05, 0.1) is 11.0 Å². The predicted molar refractivity (Wildman–Crippen MR) is 100 cm³/mol. The van der Waals surface area contributed by atoms with Crippen molar-refractivity contribution < 1.29 is 9.53 Å². The molecule has 1 aliphatic carbocycles. The SMILES string of the molecule is CCc1nc2ccccc2n1CC(=O)OC1CC(C)CCC1C(C)C. The van der Waals surface area contributed by atoms with E-state index < -0.39 is 0 Å². The maximum atomic E-state index is 12.7. The summed E-state index contributed by atoms with van der Waals surface area (Å²) in [5.74, 6) is 2.46. The number of para-hydroxylation sites is 2. The van der Waals surface area contributed by atoms with Crippen molar-refractivity contribution in [2.45, 2.75) is 66.0 Å². The minimum absolute atomic E-state index is 0.0520. The normalized spacial score (nSPS) is 24.0. The third-order valence-electron chi connectivity index (χ3n) is 5.58. The molecule has 1 aliphatic rings. The highest BCUT2D eigenvalue weighted by Crippen LogP contribution is 2.35. The Hall–Kier alpha value is -1.84. The molecule has 1 saturated carbocycles. The van der Waals surface area contributed by atoms with Crippen molar-refractivity contribution in [3.05, 3.63) is 30.1 Å². The van der Waals surface area contributed by atoms with Crippen LogP contribution in [0, 0.1) is 17.8 Å². The van der Waals surface area contributed by atoms with E-state index in [1.165, 1.54) is 6.42 Å². The van der Waals surface area contributed by atoms with Crippen molar-refractivity contribution in [1.29, 1.82) is 0 Å². The van der Waals surface area contributed by atoms with Crippen molar-refractivity contribution in [3.8, 4) is 0 Å². The monoisotopic (exact) mass is 342 g/mol. The van der Waals surface area contributed by atoms with Crippen LogP contribution in [0.1, 0.15) is 52.8 Å². The molecule has 0 bridgehead atoms. The summed E-state index contributed by atoms with van der Waals surface area (Å²) in [6.45, 7) is 9.05. The molecule has 0 saturated heterocycles. The summed E-state index contributed by atoms with van der Waals surface area (Å²) in [7, 11) is 0. The van der Waals surface area contributed by atoms with Gasteiger partial charge in [0.1, 0.15) is 18.5 Å². The molecule has 0 aliphatic heterocycles. The van der Waals surface area contributed by atoms with Crippen molar-refractivity contribution in [1.82, 2.24) is 9.55 Å². The van der Waals surface area contributed by atoms with Gasteiger partial charge in [0.15, 0.2) is 0 Å². The Labute approximate surface area is 150 Å². The number of fused-ring (bicyclic) bond motifs is 1. The predicted octanol–water partition coefficient (Wildman–Crippen LogP) is 4.60. The molecule has 0 radical (unpaired) electrons. The Morgan fingerprint density at radius 3 is 2.80 bits per heavy atom. The van der Waals surface area contributed by atoms with Crippen molar-refractivity contribution >= 4 is 17.0 Å². The number of carbonyl (C=O) groups excluding carboxylic acids is 1. The van der Waals surface area contributed by atoms with Crippen LogP contribution in [0.2, 0.25) is 0 Å². The number of hydrogen-bond donors (Lipinski definition) is 0. The molecule has 1 heterocycles. The molecule has 136 valence electrons. The van der Waals surface area contributed by atoms with Crippen molar-refractivity contribution in [2.75, 3.05) is 0 Å². The van der Waals surface area contributed by atoms with Gasteiger partial charge in [0.25, 0.3) is 0 Å². The number of benzene rings is 1. The Balaban J connectivity index is 1.76. The highest BCUT2D eigenvalue weighted by Gasteiger charge is 2.33. The first-order chi connectivity index (χ1) is 12.0. The van der Waals surface area contributed by atoms with Gasteiger partial charge in [0.2, 0.25) is 0 Å². The van der Waals surface area contributed by atoms with Gasteiger partial charge in [-0.3, -0.25) is 4.79 Å². The molecule has 1 aromatic heterocycles. The number of esters is 1. The van der Waals surface area contributed by atoms with E-state index in [1.54, 1.807) is 0 Å². The van der Waals surface area contributed by atoms with Gasteiger partial charge < -0.3 is 9.30 Å². The first-order valence-corrected chi connectivity index (χ1v) is 9.63. The van der Waals surface area contributed by atoms with Gasteiger partial charge in [-0.25, -0.2) is 4.98 Å². The van der Waals surface area contributed by atoms with Crippen LogP contribution in [0.15, 0.2) is 24.3 Å². The lowest BCUT2D eigenvalue weighted by molar-refractivity contribution is -0.156. The minimum atomic E-state index is -0.136. The third kappa shape index (κ3) is 3.88. The average molecular weight is 342 g/mol. The maximum Gasteiger partial charge on any atom is 0.326 e. The molecular formula is C21H30N2O2. The Morgan fingerprint density at radius 1 is 1.32 bits per heavy atom. The summed E-state index contributed by atoms with van der Waals surface area (Å²) in [6.07, 6.45) is 4.24. The number of hydrogen-bond acceptors (Lipinski definition) is 3. The molecule has 0 N–H and O–H groups in total. The molecule has 1 fully saturated rings. The molecular weight excluding hydrogens is 312 g/mol. The highest BCUT2D eigenvalue weighted by molar-refractivity contribution is 5.79. The lowest BCUT2D eigenvalue weighted by Gasteiger charge is -2.36. The van der Waals surface area contributed by atoms with Crippen LogP contribution in [-0.2, 0) is 22.5 Å². The molecule has 3 atom stereocenters. The molecule has 4 heteroatoms. The second kappa shape index (κ2) is 7.59. The minimum Gasteiger partial charge on any atom is -0.461 e. The van der Waals surface area contributed by atoms with Crippen LogP contribution in [0.5, 0.6) is 0 Å². The lowest BCUT2D eigenvalue weighted by Crippen LogP contribution is -2.36. The van der Waals surface area contributed by atoms with Gasteiger partial charge in [-0.1, -0.05) is 46.2 Å². The summed E-state index contributed by atoms with van der Waals surface area (Å²) in [5.41, 5.74) is 1.95. The van der Waals surface area contributed by atoms with Gasteiger partial charge in [-0.05, 0) is 42.7 Å². The van der Waals surface area contributed by atoms with Crippen LogP contribution in [0.25, 0.3) is 11.0 Å². The van der Waals surface area contributed by atoms with Crippen LogP contribution in [-0.4, -0.2) is 21.6 Å². The van der Waals surface area contributed by atoms with E-state index in [-0.39, 0.29) is 18.6 Å².